The zero-order chi connectivity index (χ0) is 18.7. The first-order valence-electron chi connectivity index (χ1n) is 7.66. The minimum Gasteiger partial charge on any atom is -0.507 e. The van der Waals surface area contributed by atoms with Crippen molar-refractivity contribution in [1.29, 1.82) is 0 Å². The number of rotatable bonds is 4. The number of hydrogen-bond donors (Lipinski definition) is 3. The number of aromatic nitrogens is 2. The number of halogens is 1. The Morgan fingerprint density at radius 3 is 2.77 bits per heavy atom. The number of carbonyl (C=O) groups excluding carboxylic acids is 1. The molecule has 3 aromatic rings. The first kappa shape index (κ1) is 17.5. The molecule has 8 heteroatoms. The molecular formula is C18H15ClN4O3. The van der Waals surface area contributed by atoms with Crippen LogP contribution in [0, 0.1) is 6.92 Å². The van der Waals surface area contributed by atoms with E-state index in [9.17, 15) is 14.7 Å². The lowest BCUT2D eigenvalue weighted by Gasteiger charge is -2.01. The third-order valence-corrected chi connectivity index (χ3v) is 3.93. The van der Waals surface area contributed by atoms with Gasteiger partial charge in [-0.25, -0.2) is 10.1 Å². The molecule has 3 N–H and O–H groups in total. The Morgan fingerprint density at radius 2 is 2.04 bits per heavy atom. The van der Waals surface area contributed by atoms with Crippen molar-refractivity contribution in [1.82, 2.24) is 15.2 Å². The zero-order valence-electron chi connectivity index (χ0n) is 13.7. The van der Waals surface area contributed by atoms with Crippen LogP contribution in [0.3, 0.4) is 0 Å². The number of hydrazone groups is 1. The highest BCUT2D eigenvalue weighted by atomic mass is 35.5. The first-order chi connectivity index (χ1) is 12.5. The van der Waals surface area contributed by atoms with Crippen LogP contribution in [-0.2, 0) is 0 Å². The van der Waals surface area contributed by atoms with E-state index in [1.165, 1.54) is 23.0 Å². The number of H-pyrrole nitrogens is 1. The number of aromatic amines is 1. The van der Waals surface area contributed by atoms with Crippen molar-refractivity contribution in [3.8, 4) is 11.4 Å². The number of nitrogens with one attached hydrogen (secondary N) is 2. The van der Waals surface area contributed by atoms with Crippen LogP contribution in [0.25, 0.3) is 5.69 Å². The van der Waals surface area contributed by atoms with Gasteiger partial charge in [-0.15, -0.1) is 0 Å². The van der Waals surface area contributed by atoms with Gasteiger partial charge in [0, 0.05) is 10.7 Å². The molecule has 0 aliphatic carbocycles. The van der Waals surface area contributed by atoms with E-state index in [1.54, 1.807) is 43.3 Å². The third kappa shape index (κ3) is 3.52. The van der Waals surface area contributed by atoms with Gasteiger partial charge in [0.1, 0.15) is 5.75 Å². The van der Waals surface area contributed by atoms with Gasteiger partial charge in [0.15, 0.2) is 0 Å². The van der Waals surface area contributed by atoms with Gasteiger partial charge in [-0.3, -0.25) is 14.7 Å². The average molecular weight is 371 g/mol. The van der Waals surface area contributed by atoms with E-state index in [0.29, 0.717) is 22.0 Å². The van der Waals surface area contributed by atoms with Crippen LogP contribution in [-0.4, -0.2) is 27.0 Å². The lowest BCUT2D eigenvalue weighted by molar-refractivity contribution is 0.0952. The minimum atomic E-state index is -0.581. The molecule has 0 bridgehead atoms. The largest absolute Gasteiger partial charge is 0.507 e. The molecule has 1 amide bonds. The van der Waals surface area contributed by atoms with Gasteiger partial charge in [0.05, 0.1) is 23.0 Å². The summed E-state index contributed by atoms with van der Waals surface area (Å²) in [4.78, 5) is 24.5. The lowest BCUT2D eigenvalue weighted by atomic mass is 10.2. The van der Waals surface area contributed by atoms with Crippen LogP contribution >= 0.6 is 11.6 Å². The lowest BCUT2D eigenvalue weighted by Crippen LogP contribution is -2.20. The quantitative estimate of drug-likeness (QED) is 0.486. The summed E-state index contributed by atoms with van der Waals surface area (Å²) in [5, 5.41) is 16.9. The molecule has 0 aliphatic rings. The second-order valence-corrected chi connectivity index (χ2v) is 5.92. The molecule has 2 aromatic carbocycles. The molecule has 132 valence electrons. The van der Waals surface area contributed by atoms with Gasteiger partial charge < -0.3 is 5.11 Å². The predicted molar refractivity (Wildman–Crippen MR) is 99.3 cm³/mol. The standard InChI is InChI=1S/C18H15ClN4O3/c1-11-15(10-20-21-17(25)14-7-2-3-8-16(14)24)18(26)23(22-11)13-6-4-5-12(19)9-13/h2-10,22,24H,1H3,(H,21,25). The number of phenols is 1. The molecule has 0 fully saturated rings. The molecule has 1 aromatic heterocycles. The molecule has 7 nitrogen and oxygen atoms in total. The third-order valence-electron chi connectivity index (χ3n) is 3.69. The van der Waals surface area contributed by atoms with Crippen LogP contribution in [0.1, 0.15) is 21.6 Å². The van der Waals surface area contributed by atoms with E-state index in [-0.39, 0.29) is 16.9 Å². The maximum Gasteiger partial charge on any atom is 0.280 e. The number of hydrogen-bond acceptors (Lipinski definition) is 4. The smallest absolute Gasteiger partial charge is 0.280 e. The number of benzene rings is 2. The van der Waals surface area contributed by atoms with E-state index in [1.807, 2.05) is 0 Å². The predicted octanol–water partition coefficient (Wildman–Crippen LogP) is 2.60. The molecule has 0 atom stereocenters. The van der Waals surface area contributed by atoms with Gasteiger partial charge in [0.25, 0.3) is 11.5 Å². The number of aryl methyl sites for hydroxylation is 1. The Morgan fingerprint density at radius 1 is 1.27 bits per heavy atom. The van der Waals surface area contributed by atoms with E-state index >= 15 is 0 Å². The van der Waals surface area contributed by atoms with Gasteiger partial charge >= 0.3 is 0 Å². The molecular weight excluding hydrogens is 356 g/mol. The SMILES string of the molecule is Cc1[nH]n(-c2cccc(Cl)c2)c(=O)c1C=NNC(=O)c1ccccc1O. The molecule has 0 unspecified atom stereocenters. The van der Waals surface area contributed by atoms with Crippen molar-refractivity contribution in [3.63, 3.8) is 0 Å². The number of aromatic hydroxyl groups is 1. The summed E-state index contributed by atoms with van der Waals surface area (Å²) >= 11 is 5.96. The maximum atomic E-state index is 12.5. The van der Waals surface area contributed by atoms with E-state index in [4.69, 9.17) is 11.6 Å². The molecule has 3 rings (SSSR count). The Kier molecular flexibility index (Phi) is 4.90. The van der Waals surface area contributed by atoms with E-state index < -0.39 is 5.91 Å². The Bertz CT molecular complexity index is 1050. The summed E-state index contributed by atoms with van der Waals surface area (Å²) in [6.45, 7) is 1.72. The van der Waals surface area contributed by atoms with Crippen molar-refractivity contribution in [2.24, 2.45) is 5.10 Å². The maximum absolute atomic E-state index is 12.5. The van der Waals surface area contributed by atoms with Crippen LogP contribution in [0.15, 0.2) is 58.4 Å². The van der Waals surface area contributed by atoms with Gasteiger partial charge in [-0.1, -0.05) is 29.8 Å². The number of phenolic OH excluding ortho intramolecular Hbond substituents is 1. The fourth-order valence-electron chi connectivity index (χ4n) is 2.39. The highest BCUT2D eigenvalue weighted by molar-refractivity contribution is 6.30. The van der Waals surface area contributed by atoms with Crippen molar-refractivity contribution in [2.45, 2.75) is 6.92 Å². The number of nitrogens with zero attached hydrogens (tertiary/aromatic N) is 2. The Balaban J connectivity index is 1.83. The van der Waals surface area contributed by atoms with Crippen LogP contribution < -0.4 is 11.0 Å². The summed E-state index contributed by atoms with van der Waals surface area (Å²) < 4.78 is 1.34. The topological polar surface area (TPSA) is 99.5 Å². The van der Waals surface area contributed by atoms with Gasteiger partial charge in [-0.2, -0.15) is 5.10 Å². The summed E-state index contributed by atoms with van der Waals surface area (Å²) in [5.74, 6) is -0.732. The zero-order valence-corrected chi connectivity index (χ0v) is 14.5. The second kappa shape index (κ2) is 7.28. The summed E-state index contributed by atoms with van der Waals surface area (Å²) in [5.41, 5.74) is 3.51. The van der Waals surface area contributed by atoms with Crippen LogP contribution in [0.2, 0.25) is 5.02 Å². The molecule has 0 spiro atoms. The molecule has 0 aliphatic heterocycles. The molecule has 26 heavy (non-hydrogen) atoms. The number of para-hydroxylation sites is 1. The van der Waals surface area contributed by atoms with E-state index in [0.717, 1.165) is 0 Å². The molecule has 0 saturated carbocycles. The fraction of sp³-hybridized carbons (Fsp3) is 0.0556. The Hall–Kier alpha value is -3.32. The molecule has 0 radical (unpaired) electrons. The first-order valence-corrected chi connectivity index (χ1v) is 8.04. The summed E-state index contributed by atoms with van der Waals surface area (Å²) in [6.07, 6.45) is 1.26. The van der Waals surface area contributed by atoms with Crippen molar-refractivity contribution in [2.75, 3.05) is 0 Å². The van der Waals surface area contributed by atoms with Crippen LogP contribution in [0.5, 0.6) is 5.75 Å². The van der Waals surface area contributed by atoms with Crippen molar-refractivity contribution in [3.05, 3.63) is 80.7 Å². The monoisotopic (exact) mass is 370 g/mol. The second-order valence-electron chi connectivity index (χ2n) is 5.49. The minimum absolute atomic E-state index is 0.0896. The number of carbonyl (C=O) groups is 1. The summed E-state index contributed by atoms with van der Waals surface area (Å²) in [6, 6.07) is 12.9. The van der Waals surface area contributed by atoms with Gasteiger partial charge in [0.2, 0.25) is 0 Å². The highest BCUT2D eigenvalue weighted by Gasteiger charge is 2.12. The van der Waals surface area contributed by atoms with Crippen molar-refractivity contribution < 1.29 is 9.90 Å². The molecule has 0 saturated heterocycles. The normalized spacial score (nSPS) is 11.0. The number of amides is 1. The highest BCUT2D eigenvalue weighted by Crippen LogP contribution is 2.15. The Labute approximate surface area is 153 Å². The average Bonchev–Trinajstić information content (AvgIpc) is 2.90. The fourth-order valence-corrected chi connectivity index (χ4v) is 2.57. The van der Waals surface area contributed by atoms with Crippen molar-refractivity contribution >= 4 is 23.7 Å². The summed E-state index contributed by atoms with van der Waals surface area (Å²) in [7, 11) is 0. The van der Waals surface area contributed by atoms with Crippen LogP contribution in [0.4, 0.5) is 0 Å². The van der Waals surface area contributed by atoms with E-state index in [2.05, 4.69) is 15.6 Å². The van der Waals surface area contributed by atoms with Gasteiger partial charge in [-0.05, 0) is 37.3 Å². The molecule has 1 heterocycles.